The monoisotopic (exact) mass is 576 g/mol. The van der Waals surface area contributed by atoms with Crippen molar-refractivity contribution in [1.29, 1.82) is 0 Å². The molecule has 2 saturated heterocycles. The minimum absolute atomic E-state index is 0.113. The number of hydrogen-bond acceptors (Lipinski definition) is 11. The molecule has 2 aliphatic rings. The number of esters is 1. The Kier molecular flexibility index (Phi) is 12.4. The molecule has 0 aromatic rings. The summed E-state index contributed by atoms with van der Waals surface area (Å²) in [6, 6.07) is -0.783. The molecule has 1 unspecified atom stereocenters. The van der Waals surface area contributed by atoms with Crippen LogP contribution in [0.5, 0.6) is 0 Å². The topological polar surface area (TPSA) is 161 Å². The molecular weight excluding hydrogens is 520 g/mol. The molecular formula is C29H56N2O9. The fraction of sp³-hybridized carbons (Fsp3) is 0.966. The fourth-order valence-electron chi connectivity index (χ4n) is 6.36. The van der Waals surface area contributed by atoms with Crippen LogP contribution in [0, 0.1) is 17.8 Å². The lowest BCUT2D eigenvalue weighted by atomic mass is 9.78. The van der Waals surface area contributed by atoms with Crippen molar-refractivity contribution in [3.05, 3.63) is 0 Å². The Morgan fingerprint density at radius 2 is 1.65 bits per heavy atom. The first-order valence-corrected chi connectivity index (χ1v) is 14.7. The highest BCUT2D eigenvalue weighted by molar-refractivity contribution is 5.73. The molecule has 11 heteroatoms. The molecule has 0 aromatic heterocycles. The van der Waals surface area contributed by atoms with Crippen LogP contribution in [0.25, 0.3) is 0 Å². The van der Waals surface area contributed by atoms with Gasteiger partial charge < -0.3 is 50.0 Å². The van der Waals surface area contributed by atoms with E-state index in [0.29, 0.717) is 13.0 Å². The average Bonchev–Trinajstić information content (AvgIpc) is 2.87. The maximum Gasteiger partial charge on any atom is 0.311 e. The van der Waals surface area contributed by atoms with Gasteiger partial charge in [-0.1, -0.05) is 20.8 Å². The summed E-state index contributed by atoms with van der Waals surface area (Å²) < 4.78 is 18.0. The molecule has 40 heavy (non-hydrogen) atoms. The third-order valence-corrected chi connectivity index (χ3v) is 8.97. The van der Waals surface area contributed by atoms with Gasteiger partial charge in [-0.3, -0.25) is 4.79 Å². The summed E-state index contributed by atoms with van der Waals surface area (Å²) in [6.45, 7) is 14.0. The number of aliphatic hydroxyl groups is 5. The zero-order valence-corrected chi connectivity index (χ0v) is 26.1. The first-order chi connectivity index (χ1) is 18.3. The summed E-state index contributed by atoms with van der Waals surface area (Å²) in [5.74, 6) is -2.67. The van der Waals surface area contributed by atoms with Crippen LogP contribution in [0.3, 0.4) is 0 Å². The van der Waals surface area contributed by atoms with E-state index in [9.17, 15) is 30.3 Å². The molecule has 2 rings (SSSR count). The maximum absolute atomic E-state index is 13.2. The van der Waals surface area contributed by atoms with Crippen molar-refractivity contribution in [3.8, 4) is 0 Å². The molecule has 0 aliphatic carbocycles. The SMILES string of the molecule is CC[C@H]1OC(=O)[C@H](C)[C@@H](O)[C@H](C)[C@@H](O[C@@H]2O[C@H](C)C[C@H](N(C)C)[C@H]2O)[C@](C)(O)C[C@@H](C)CNC(C)[C@@H](O)[C@]1(C)O. The highest BCUT2D eigenvalue weighted by Gasteiger charge is 2.49. The summed E-state index contributed by atoms with van der Waals surface area (Å²) in [5, 5.41) is 59.8. The highest BCUT2D eigenvalue weighted by atomic mass is 16.7. The van der Waals surface area contributed by atoms with Gasteiger partial charge in [-0.15, -0.1) is 0 Å². The fourth-order valence-corrected chi connectivity index (χ4v) is 6.36. The zero-order valence-electron chi connectivity index (χ0n) is 26.1. The zero-order chi connectivity index (χ0) is 30.7. The van der Waals surface area contributed by atoms with Gasteiger partial charge in [-0.2, -0.15) is 0 Å². The van der Waals surface area contributed by atoms with Crippen molar-refractivity contribution in [2.24, 2.45) is 17.8 Å². The number of carbonyl (C=O) groups is 1. The second-order valence-corrected chi connectivity index (χ2v) is 13.1. The minimum Gasteiger partial charge on any atom is -0.459 e. The van der Waals surface area contributed by atoms with Gasteiger partial charge in [0.25, 0.3) is 0 Å². The van der Waals surface area contributed by atoms with E-state index in [4.69, 9.17) is 14.2 Å². The molecule has 0 bridgehead atoms. The first-order valence-electron chi connectivity index (χ1n) is 14.7. The van der Waals surface area contributed by atoms with E-state index in [2.05, 4.69) is 5.32 Å². The van der Waals surface area contributed by atoms with Crippen LogP contribution in [0.2, 0.25) is 0 Å². The maximum atomic E-state index is 13.2. The van der Waals surface area contributed by atoms with Crippen LogP contribution in [0.4, 0.5) is 0 Å². The Bertz CT molecular complexity index is 810. The number of rotatable bonds is 4. The quantitative estimate of drug-likeness (QED) is 0.261. The second-order valence-electron chi connectivity index (χ2n) is 13.1. The van der Waals surface area contributed by atoms with Crippen LogP contribution in [0.15, 0.2) is 0 Å². The second kappa shape index (κ2) is 14.1. The summed E-state index contributed by atoms with van der Waals surface area (Å²) >= 11 is 0. The normalized spacial score (nSPS) is 48.8. The molecule has 0 spiro atoms. The summed E-state index contributed by atoms with van der Waals surface area (Å²) in [5.41, 5.74) is -3.25. The molecule has 236 valence electrons. The van der Waals surface area contributed by atoms with Gasteiger partial charge in [0.1, 0.15) is 23.9 Å². The number of hydrogen-bond donors (Lipinski definition) is 6. The van der Waals surface area contributed by atoms with Gasteiger partial charge in [-0.25, -0.2) is 0 Å². The van der Waals surface area contributed by atoms with Crippen LogP contribution in [-0.2, 0) is 19.0 Å². The molecule has 2 fully saturated rings. The summed E-state index contributed by atoms with van der Waals surface area (Å²) in [7, 11) is 3.74. The van der Waals surface area contributed by atoms with Crippen LogP contribution in [0.1, 0.15) is 74.7 Å². The molecule has 0 saturated carbocycles. The molecule has 0 amide bonds. The lowest BCUT2D eigenvalue weighted by Gasteiger charge is -2.46. The average molecular weight is 577 g/mol. The van der Waals surface area contributed by atoms with Gasteiger partial charge in [0.2, 0.25) is 0 Å². The predicted octanol–water partition coefficient (Wildman–Crippen LogP) is 0.633. The molecule has 0 aromatic carbocycles. The molecule has 11 nitrogen and oxygen atoms in total. The van der Waals surface area contributed by atoms with Crippen molar-refractivity contribution < 1.29 is 44.5 Å². The van der Waals surface area contributed by atoms with E-state index in [-0.39, 0.29) is 30.9 Å². The first kappa shape index (κ1) is 35.3. The van der Waals surface area contributed by atoms with Gasteiger partial charge >= 0.3 is 5.97 Å². The Morgan fingerprint density at radius 3 is 2.20 bits per heavy atom. The molecule has 0 radical (unpaired) electrons. The number of ether oxygens (including phenoxy) is 3. The van der Waals surface area contributed by atoms with Crippen molar-refractivity contribution in [3.63, 3.8) is 0 Å². The molecule has 2 aliphatic heterocycles. The third kappa shape index (κ3) is 8.14. The lowest BCUT2D eigenvalue weighted by molar-refractivity contribution is -0.299. The van der Waals surface area contributed by atoms with Gasteiger partial charge in [0, 0.05) is 18.0 Å². The Balaban J connectivity index is 2.48. The van der Waals surface area contributed by atoms with E-state index < -0.39 is 71.9 Å². The standard InChI is InChI=1S/C29H56N2O9/c1-11-21-29(8,37)24(34)19(6)30-14-15(2)13-28(7,36)25(17(4)22(32)18(5)26(35)39-21)40-27-23(33)20(31(9)10)12-16(3)38-27/h15-25,27,30,32-34,36-37H,11-14H2,1-10H3/t15-,16-,17+,18-,19?,20+,21-,22+,23-,24-,25-,27+,28-,29-/m1/s1. The molecule has 6 N–H and O–H groups in total. The van der Waals surface area contributed by atoms with Gasteiger partial charge in [-0.05, 0) is 80.4 Å². The van der Waals surface area contributed by atoms with E-state index in [0.717, 1.165) is 0 Å². The lowest BCUT2D eigenvalue weighted by Crippen LogP contribution is -2.59. The van der Waals surface area contributed by atoms with Crippen molar-refractivity contribution in [2.75, 3.05) is 20.6 Å². The molecule has 2 heterocycles. The van der Waals surface area contributed by atoms with Crippen LogP contribution in [-0.4, -0.2) is 123 Å². The van der Waals surface area contributed by atoms with Crippen molar-refractivity contribution in [1.82, 2.24) is 10.2 Å². The molecule has 14 atom stereocenters. The number of carbonyl (C=O) groups excluding carboxylic acids is 1. The number of aliphatic hydroxyl groups excluding tert-OH is 3. The van der Waals surface area contributed by atoms with E-state index in [1.807, 2.05) is 32.8 Å². The summed E-state index contributed by atoms with van der Waals surface area (Å²) in [4.78, 5) is 15.1. The Labute approximate surface area is 240 Å². The highest BCUT2D eigenvalue weighted by Crippen LogP contribution is 2.36. The van der Waals surface area contributed by atoms with Crippen LogP contribution < -0.4 is 5.32 Å². The van der Waals surface area contributed by atoms with E-state index in [1.54, 1.807) is 27.7 Å². The van der Waals surface area contributed by atoms with Gasteiger partial charge in [0.15, 0.2) is 6.29 Å². The third-order valence-electron chi connectivity index (χ3n) is 8.97. The Hall–Kier alpha value is -0.890. The Morgan fingerprint density at radius 1 is 1.05 bits per heavy atom. The number of likely N-dealkylation sites (N-methyl/N-ethyl adjacent to an activating group) is 1. The predicted molar refractivity (Wildman–Crippen MR) is 150 cm³/mol. The number of cyclic esters (lactones) is 1. The smallest absolute Gasteiger partial charge is 0.311 e. The van der Waals surface area contributed by atoms with Crippen molar-refractivity contribution in [2.45, 2.75) is 141 Å². The number of nitrogens with zero attached hydrogens (tertiary/aromatic N) is 1. The van der Waals surface area contributed by atoms with E-state index >= 15 is 0 Å². The largest absolute Gasteiger partial charge is 0.459 e. The van der Waals surface area contributed by atoms with E-state index in [1.165, 1.54) is 13.8 Å². The number of nitrogens with one attached hydrogen (secondary N) is 1. The minimum atomic E-state index is -1.75. The van der Waals surface area contributed by atoms with Gasteiger partial charge in [0.05, 0.1) is 29.8 Å². The van der Waals surface area contributed by atoms with Crippen molar-refractivity contribution >= 4 is 5.97 Å². The van der Waals surface area contributed by atoms with Crippen LogP contribution >= 0.6 is 0 Å². The summed E-state index contributed by atoms with van der Waals surface area (Å²) in [6.07, 6.45) is -5.77.